The molecule has 1 heterocycles. The highest BCUT2D eigenvalue weighted by Crippen LogP contribution is 2.38. The average Bonchev–Trinajstić information content (AvgIpc) is 2.80. The maximum atomic E-state index is 12.3. The number of rotatable bonds is 6. The van der Waals surface area contributed by atoms with Crippen LogP contribution in [-0.2, 0) is 4.79 Å². The zero-order chi connectivity index (χ0) is 17.7. The summed E-state index contributed by atoms with van der Waals surface area (Å²) in [6, 6.07) is 3.56. The van der Waals surface area contributed by atoms with E-state index >= 15 is 0 Å². The number of imide groups is 1. The maximum Gasteiger partial charge on any atom is 0.294 e. The molecule has 0 bridgehead atoms. The summed E-state index contributed by atoms with van der Waals surface area (Å²) in [5, 5.41) is -0.365. The van der Waals surface area contributed by atoms with E-state index in [0.717, 1.165) is 21.1 Å². The van der Waals surface area contributed by atoms with Crippen LogP contribution in [0, 0.1) is 12.3 Å². The zero-order valence-corrected chi connectivity index (χ0v) is 15.7. The van der Waals surface area contributed by atoms with Gasteiger partial charge < -0.3 is 9.47 Å². The zero-order valence-electron chi connectivity index (χ0n) is 13.3. The molecule has 1 aliphatic rings. The largest absolute Gasteiger partial charge is 0.490 e. The Morgan fingerprint density at radius 3 is 2.46 bits per heavy atom. The molecular weight excluding hydrogens is 394 g/mol. The minimum Gasteiger partial charge on any atom is -0.490 e. The van der Waals surface area contributed by atoms with Crippen molar-refractivity contribution < 1.29 is 19.1 Å². The van der Waals surface area contributed by atoms with E-state index in [0.29, 0.717) is 35.2 Å². The van der Waals surface area contributed by atoms with Crippen LogP contribution in [0.5, 0.6) is 11.5 Å². The molecule has 0 unspecified atom stereocenters. The Labute approximate surface area is 153 Å². The van der Waals surface area contributed by atoms with E-state index in [1.54, 1.807) is 18.2 Å². The van der Waals surface area contributed by atoms with Gasteiger partial charge in [-0.15, -0.1) is 6.42 Å². The molecule has 7 heteroatoms. The fraction of sp³-hybridized carbons (Fsp3) is 0.294. The quantitative estimate of drug-likeness (QED) is 0.526. The lowest BCUT2D eigenvalue weighted by atomic mass is 10.2. The highest BCUT2D eigenvalue weighted by Gasteiger charge is 2.34. The van der Waals surface area contributed by atoms with E-state index in [4.69, 9.17) is 15.9 Å². The number of ether oxygens (including phenoxy) is 2. The molecule has 0 spiro atoms. The Hall–Kier alpha value is -1.91. The van der Waals surface area contributed by atoms with Gasteiger partial charge in [0, 0.05) is 4.47 Å². The average molecular weight is 410 g/mol. The molecule has 2 amide bonds. The monoisotopic (exact) mass is 409 g/mol. The van der Waals surface area contributed by atoms with Crippen molar-refractivity contribution in [1.82, 2.24) is 4.90 Å². The second kappa shape index (κ2) is 8.27. The van der Waals surface area contributed by atoms with Crippen molar-refractivity contribution in [2.24, 2.45) is 0 Å². The Morgan fingerprint density at radius 2 is 1.88 bits per heavy atom. The van der Waals surface area contributed by atoms with E-state index in [1.807, 2.05) is 13.8 Å². The highest BCUT2D eigenvalue weighted by molar-refractivity contribution is 9.10. The van der Waals surface area contributed by atoms with Crippen LogP contribution in [0.4, 0.5) is 4.79 Å². The molecule has 0 radical (unpaired) electrons. The molecule has 1 saturated heterocycles. The molecule has 2 rings (SSSR count). The van der Waals surface area contributed by atoms with Crippen molar-refractivity contribution in [3.8, 4) is 23.8 Å². The third kappa shape index (κ3) is 3.94. The van der Waals surface area contributed by atoms with Crippen molar-refractivity contribution in [3.63, 3.8) is 0 Å². The molecule has 1 aromatic rings. The van der Waals surface area contributed by atoms with Gasteiger partial charge in [-0.05, 0) is 49.4 Å². The van der Waals surface area contributed by atoms with Gasteiger partial charge in [0.1, 0.15) is 0 Å². The summed E-state index contributed by atoms with van der Waals surface area (Å²) in [7, 11) is 0. The molecule has 0 aliphatic carbocycles. The van der Waals surface area contributed by atoms with Crippen molar-refractivity contribution in [2.75, 3.05) is 19.8 Å². The number of benzene rings is 1. The summed E-state index contributed by atoms with van der Waals surface area (Å²) in [4.78, 5) is 25.5. The van der Waals surface area contributed by atoms with Crippen LogP contribution in [0.2, 0.25) is 0 Å². The molecule has 0 aromatic heterocycles. The number of nitrogens with zero attached hydrogens (tertiary/aromatic N) is 1. The van der Waals surface area contributed by atoms with E-state index in [1.165, 1.54) is 0 Å². The number of thioether (sulfide) groups is 1. The van der Waals surface area contributed by atoms with Crippen LogP contribution < -0.4 is 9.47 Å². The molecule has 0 saturated carbocycles. The van der Waals surface area contributed by atoms with Gasteiger partial charge in [-0.2, -0.15) is 0 Å². The topological polar surface area (TPSA) is 55.8 Å². The second-order valence-electron chi connectivity index (χ2n) is 4.66. The number of amides is 2. The minimum atomic E-state index is -0.387. The number of carbonyl (C=O) groups excluding carboxylic acids is 2. The van der Waals surface area contributed by atoms with Crippen molar-refractivity contribution >= 4 is 44.9 Å². The van der Waals surface area contributed by atoms with Gasteiger partial charge in [0.15, 0.2) is 11.5 Å². The summed E-state index contributed by atoms with van der Waals surface area (Å²) in [5.74, 6) is 3.12. The number of carbonyl (C=O) groups is 2. The summed E-state index contributed by atoms with van der Waals surface area (Å²) in [6.45, 7) is 4.73. The SMILES string of the molecule is C#CCN1C(=O)SC(=Cc2cc(OCC)c(OCC)cc2Br)C1=O. The van der Waals surface area contributed by atoms with Crippen molar-refractivity contribution in [3.05, 3.63) is 27.1 Å². The normalized spacial score (nSPS) is 15.8. The maximum absolute atomic E-state index is 12.3. The van der Waals surface area contributed by atoms with Gasteiger partial charge in [0.05, 0.1) is 24.7 Å². The van der Waals surface area contributed by atoms with E-state index in [-0.39, 0.29) is 17.7 Å². The standard InChI is InChI=1S/C17H16BrNO4S/c1-4-7-19-16(20)15(24-17(19)21)9-11-8-13(22-5-2)14(23-6-3)10-12(11)18/h1,8-10H,5-7H2,2-3H3. The second-order valence-corrected chi connectivity index (χ2v) is 6.51. The van der Waals surface area contributed by atoms with Crippen LogP contribution in [0.1, 0.15) is 19.4 Å². The fourth-order valence-electron chi connectivity index (χ4n) is 2.07. The Bertz CT molecular complexity index is 739. The number of halogens is 1. The molecule has 0 atom stereocenters. The number of terminal acetylenes is 1. The Balaban J connectivity index is 2.39. The molecule has 126 valence electrons. The lowest BCUT2D eigenvalue weighted by Crippen LogP contribution is -2.28. The first kappa shape index (κ1) is 18.4. The summed E-state index contributed by atoms with van der Waals surface area (Å²) < 4.78 is 11.9. The molecule has 1 aliphatic heterocycles. The predicted molar refractivity (Wildman–Crippen MR) is 98.0 cm³/mol. The summed E-state index contributed by atoms with van der Waals surface area (Å²) in [5.41, 5.74) is 0.716. The van der Waals surface area contributed by atoms with E-state index in [9.17, 15) is 9.59 Å². The number of hydrogen-bond acceptors (Lipinski definition) is 5. The third-order valence-electron chi connectivity index (χ3n) is 3.07. The molecule has 1 fully saturated rings. The van der Waals surface area contributed by atoms with E-state index in [2.05, 4.69) is 21.9 Å². The first-order valence-electron chi connectivity index (χ1n) is 7.29. The van der Waals surface area contributed by atoms with Crippen molar-refractivity contribution in [2.45, 2.75) is 13.8 Å². The summed E-state index contributed by atoms with van der Waals surface area (Å²) >= 11 is 4.33. The lowest BCUT2D eigenvalue weighted by Gasteiger charge is -2.13. The summed E-state index contributed by atoms with van der Waals surface area (Å²) in [6.07, 6.45) is 6.83. The molecular formula is C17H16BrNO4S. The van der Waals surface area contributed by atoms with Gasteiger partial charge in [-0.1, -0.05) is 21.9 Å². The Morgan fingerprint density at radius 1 is 1.25 bits per heavy atom. The van der Waals surface area contributed by atoms with Crippen LogP contribution in [0.3, 0.4) is 0 Å². The first-order chi connectivity index (χ1) is 11.5. The molecule has 1 aromatic carbocycles. The van der Waals surface area contributed by atoms with E-state index < -0.39 is 0 Å². The fourth-order valence-corrected chi connectivity index (χ4v) is 3.33. The van der Waals surface area contributed by atoms with Crippen LogP contribution >= 0.6 is 27.7 Å². The number of hydrogen-bond donors (Lipinski definition) is 0. The van der Waals surface area contributed by atoms with Gasteiger partial charge in [-0.25, -0.2) is 0 Å². The van der Waals surface area contributed by atoms with Crippen LogP contribution in [0.25, 0.3) is 6.08 Å². The molecule has 0 N–H and O–H groups in total. The lowest BCUT2D eigenvalue weighted by molar-refractivity contribution is -0.122. The van der Waals surface area contributed by atoms with Crippen molar-refractivity contribution in [1.29, 1.82) is 0 Å². The third-order valence-corrected chi connectivity index (χ3v) is 4.67. The van der Waals surface area contributed by atoms with Gasteiger partial charge in [-0.3, -0.25) is 14.5 Å². The van der Waals surface area contributed by atoms with Gasteiger partial charge in [0.2, 0.25) is 0 Å². The predicted octanol–water partition coefficient (Wildman–Crippen LogP) is 3.92. The first-order valence-corrected chi connectivity index (χ1v) is 8.90. The molecule has 24 heavy (non-hydrogen) atoms. The van der Waals surface area contributed by atoms with Crippen LogP contribution in [0.15, 0.2) is 21.5 Å². The smallest absolute Gasteiger partial charge is 0.294 e. The van der Waals surface area contributed by atoms with Gasteiger partial charge in [0.25, 0.3) is 11.1 Å². The minimum absolute atomic E-state index is 0.0311. The van der Waals surface area contributed by atoms with Gasteiger partial charge >= 0.3 is 0 Å². The Kier molecular flexibility index (Phi) is 6.35. The highest BCUT2D eigenvalue weighted by atomic mass is 79.9. The molecule has 5 nitrogen and oxygen atoms in total. The van der Waals surface area contributed by atoms with Crippen LogP contribution in [-0.4, -0.2) is 35.8 Å².